The van der Waals surface area contributed by atoms with Gasteiger partial charge in [0.05, 0.1) is 10.7 Å². The third-order valence-electron chi connectivity index (χ3n) is 7.43. The predicted octanol–water partition coefficient (Wildman–Crippen LogP) is 9.60. The van der Waals surface area contributed by atoms with Gasteiger partial charge in [0, 0.05) is 30.0 Å². The highest BCUT2D eigenvalue weighted by molar-refractivity contribution is 8.03. The van der Waals surface area contributed by atoms with E-state index < -0.39 is 0 Å². The fourth-order valence-corrected chi connectivity index (χ4v) is 8.29. The molecule has 2 heterocycles. The van der Waals surface area contributed by atoms with Gasteiger partial charge in [-0.05, 0) is 92.0 Å². The molecule has 1 aliphatic carbocycles. The van der Waals surface area contributed by atoms with Gasteiger partial charge in [-0.15, -0.1) is 0 Å². The van der Waals surface area contributed by atoms with Gasteiger partial charge in [-0.3, -0.25) is 0 Å². The molecule has 1 aliphatic heterocycles. The Kier molecular flexibility index (Phi) is 7.70. The molecule has 2 aliphatic rings. The molecular weight excluding hydrogens is 489 g/mol. The van der Waals surface area contributed by atoms with Gasteiger partial charge in [-0.1, -0.05) is 68.5 Å². The third kappa shape index (κ3) is 5.76. The molecule has 0 unspecified atom stereocenters. The Hall–Kier alpha value is -2.30. The van der Waals surface area contributed by atoms with Crippen LogP contribution >= 0.6 is 23.1 Å². The number of fused-ring (bicyclic) bond motifs is 2. The standard InChI is InChI=1S/C33H41N2S2/c1-7-9-10-15-35-28-14-12-24(4)17-30(28)37-32(35)20-26-18-25(21-33(5,6)22-26)19-31-34(8-2)27-13-11-23(3)16-29(27)36-31/h11-14,16-20H,7-10,15,21-22H2,1-6H3/q+1. The Bertz CT molecular complexity index is 1400. The number of aryl methyl sites for hydroxylation is 3. The first-order chi connectivity index (χ1) is 17.8. The molecule has 0 spiro atoms. The SMILES string of the molecule is CCCCC[n+]1c(/C=C2C=C(/C=C3\Sc4cc(C)ccc4N3CC)CC(C)(C)C/2)sc2cc(C)ccc21. The first-order valence-corrected chi connectivity index (χ1v) is 15.5. The molecule has 0 saturated carbocycles. The van der Waals surface area contributed by atoms with Crippen LogP contribution in [-0.2, 0) is 6.54 Å². The Balaban J connectivity index is 1.52. The van der Waals surface area contributed by atoms with Crippen LogP contribution in [0.4, 0.5) is 5.69 Å². The molecule has 0 bridgehead atoms. The number of anilines is 1. The third-order valence-corrected chi connectivity index (χ3v) is 9.62. The fraction of sp³-hybridized carbons (Fsp3) is 0.424. The Morgan fingerprint density at radius 2 is 1.76 bits per heavy atom. The lowest BCUT2D eigenvalue weighted by Gasteiger charge is -2.31. The van der Waals surface area contributed by atoms with E-state index in [0.717, 1.165) is 25.9 Å². The van der Waals surface area contributed by atoms with Crippen molar-refractivity contribution in [3.8, 4) is 0 Å². The normalized spacial score (nSPS) is 19.2. The van der Waals surface area contributed by atoms with E-state index in [2.05, 4.69) is 106 Å². The van der Waals surface area contributed by atoms with E-state index in [-0.39, 0.29) is 5.41 Å². The summed E-state index contributed by atoms with van der Waals surface area (Å²) in [6.07, 6.45) is 13.4. The number of unbranched alkanes of at least 4 members (excludes halogenated alkanes) is 2. The van der Waals surface area contributed by atoms with Gasteiger partial charge in [0.25, 0.3) is 5.01 Å². The predicted molar refractivity (Wildman–Crippen MR) is 163 cm³/mol. The molecule has 3 aromatic rings. The number of benzene rings is 2. The molecule has 0 saturated heterocycles. The summed E-state index contributed by atoms with van der Waals surface area (Å²) in [5.74, 6) is 0. The zero-order valence-electron chi connectivity index (χ0n) is 23.4. The summed E-state index contributed by atoms with van der Waals surface area (Å²) in [6, 6.07) is 13.8. The van der Waals surface area contributed by atoms with E-state index in [1.807, 2.05) is 23.1 Å². The molecule has 2 aromatic carbocycles. The van der Waals surface area contributed by atoms with E-state index in [9.17, 15) is 0 Å². The Morgan fingerprint density at radius 3 is 2.54 bits per heavy atom. The molecule has 0 amide bonds. The number of rotatable bonds is 7. The Morgan fingerprint density at radius 1 is 0.973 bits per heavy atom. The first-order valence-electron chi connectivity index (χ1n) is 13.9. The summed E-state index contributed by atoms with van der Waals surface area (Å²) in [6.45, 7) is 15.9. The van der Waals surface area contributed by atoms with Gasteiger partial charge in [-0.2, -0.15) is 4.57 Å². The monoisotopic (exact) mass is 529 g/mol. The van der Waals surface area contributed by atoms with Crippen molar-refractivity contribution in [3.63, 3.8) is 0 Å². The topological polar surface area (TPSA) is 7.12 Å². The lowest BCUT2D eigenvalue weighted by molar-refractivity contribution is -0.669. The van der Waals surface area contributed by atoms with Crippen molar-refractivity contribution >= 4 is 45.1 Å². The van der Waals surface area contributed by atoms with Crippen LogP contribution in [0.15, 0.2) is 69.6 Å². The fourth-order valence-electron chi connectivity index (χ4n) is 5.73. The molecule has 0 radical (unpaired) electrons. The molecule has 1 aromatic heterocycles. The van der Waals surface area contributed by atoms with Crippen LogP contribution in [0.5, 0.6) is 0 Å². The number of thioether (sulfide) groups is 1. The van der Waals surface area contributed by atoms with Crippen molar-refractivity contribution in [2.45, 2.75) is 85.1 Å². The molecule has 194 valence electrons. The average Bonchev–Trinajstić information content (AvgIpc) is 3.33. The van der Waals surface area contributed by atoms with Gasteiger partial charge in [0.1, 0.15) is 4.70 Å². The molecule has 2 nitrogen and oxygen atoms in total. The zero-order chi connectivity index (χ0) is 26.2. The summed E-state index contributed by atoms with van der Waals surface area (Å²) in [7, 11) is 0. The van der Waals surface area contributed by atoms with Crippen molar-refractivity contribution in [2.24, 2.45) is 5.41 Å². The summed E-state index contributed by atoms with van der Waals surface area (Å²) in [5, 5.41) is 2.75. The van der Waals surface area contributed by atoms with Gasteiger partial charge in [0.15, 0.2) is 6.54 Å². The molecule has 37 heavy (non-hydrogen) atoms. The van der Waals surface area contributed by atoms with Gasteiger partial charge < -0.3 is 4.90 Å². The van der Waals surface area contributed by atoms with Gasteiger partial charge >= 0.3 is 0 Å². The van der Waals surface area contributed by atoms with Crippen LogP contribution in [0.3, 0.4) is 0 Å². The summed E-state index contributed by atoms with van der Waals surface area (Å²) in [4.78, 5) is 3.86. The minimum Gasteiger partial charge on any atom is -0.335 e. The highest BCUT2D eigenvalue weighted by Crippen LogP contribution is 2.48. The minimum atomic E-state index is 0.247. The maximum Gasteiger partial charge on any atom is 0.263 e. The maximum absolute atomic E-state index is 2.57. The van der Waals surface area contributed by atoms with Crippen molar-refractivity contribution in [1.82, 2.24) is 0 Å². The largest absolute Gasteiger partial charge is 0.335 e. The minimum absolute atomic E-state index is 0.247. The van der Waals surface area contributed by atoms with E-state index in [1.54, 1.807) is 0 Å². The van der Waals surface area contributed by atoms with Crippen molar-refractivity contribution < 1.29 is 4.57 Å². The van der Waals surface area contributed by atoms with E-state index in [4.69, 9.17) is 0 Å². The van der Waals surface area contributed by atoms with Crippen molar-refractivity contribution in [2.75, 3.05) is 11.4 Å². The number of allylic oxidation sites excluding steroid dienone is 4. The van der Waals surface area contributed by atoms with Crippen LogP contribution in [0.25, 0.3) is 16.3 Å². The number of hydrogen-bond donors (Lipinski definition) is 0. The van der Waals surface area contributed by atoms with Crippen molar-refractivity contribution in [1.29, 1.82) is 0 Å². The molecular formula is C33H41N2S2+. The van der Waals surface area contributed by atoms with E-state index in [0.29, 0.717) is 0 Å². The zero-order valence-corrected chi connectivity index (χ0v) is 25.0. The molecule has 5 rings (SSSR count). The molecule has 0 N–H and O–H groups in total. The Labute approximate surface area is 231 Å². The first kappa shape index (κ1) is 26.3. The highest BCUT2D eigenvalue weighted by Gasteiger charge is 2.29. The van der Waals surface area contributed by atoms with Gasteiger partial charge in [-0.25, -0.2) is 0 Å². The summed E-state index contributed by atoms with van der Waals surface area (Å²) >= 11 is 3.88. The number of hydrogen-bond acceptors (Lipinski definition) is 3. The quantitative estimate of drug-likeness (QED) is 0.222. The van der Waals surface area contributed by atoms with Crippen LogP contribution in [-0.4, -0.2) is 6.54 Å². The lowest BCUT2D eigenvalue weighted by atomic mass is 9.75. The number of thiazole rings is 1. The van der Waals surface area contributed by atoms with Crippen LogP contribution in [0, 0.1) is 19.3 Å². The molecule has 4 heteroatoms. The molecule has 0 fully saturated rings. The second kappa shape index (κ2) is 10.8. The highest BCUT2D eigenvalue weighted by atomic mass is 32.2. The smallest absolute Gasteiger partial charge is 0.263 e. The van der Waals surface area contributed by atoms with E-state index >= 15 is 0 Å². The van der Waals surface area contributed by atoms with Crippen LogP contribution < -0.4 is 9.47 Å². The summed E-state index contributed by atoms with van der Waals surface area (Å²) in [5.41, 5.74) is 8.55. The maximum atomic E-state index is 2.57. The second-order valence-corrected chi connectivity index (χ2v) is 13.7. The average molecular weight is 530 g/mol. The van der Waals surface area contributed by atoms with Crippen LogP contribution in [0.1, 0.15) is 75.9 Å². The number of aromatic nitrogens is 1. The summed E-state index contributed by atoms with van der Waals surface area (Å²) < 4.78 is 3.97. The van der Waals surface area contributed by atoms with Crippen molar-refractivity contribution in [3.05, 3.63) is 80.9 Å². The van der Waals surface area contributed by atoms with Crippen LogP contribution in [0.2, 0.25) is 0 Å². The molecule has 0 atom stereocenters. The second-order valence-electron chi connectivity index (χ2n) is 11.5. The van der Waals surface area contributed by atoms with Gasteiger partial charge in [0.2, 0.25) is 5.52 Å². The number of nitrogens with zero attached hydrogens (tertiary/aromatic N) is 2. The lowest BCUT2D eigenvalue weighted by Crippen LogP contribution is -2.35. The van der Waals surface area contributed by atoms with E-state index in [1.165, 1.54) is 72.4 Å².